The minimum Gasteiger partial charge on any atom is -0.349 e. The maximum atomic E-state index is 11.7. The minimum atomic E-state index is -0.123. The number of rotatable bonds is 4. The van der Waals surface area contributed by atoms with Gasteiger partial charge in [0.05, 0.1) is 0 Å². The molecular weight excluding hydrogens is 224 g/mol. The average molecular weight is 239 g/mol. The maximum Gasteiger partial charge on any atom is 0.251 e. The molecule has 3 nitrogen and oxygen atoms in total. The smallest absolute Gasteiger partial charge is 0.251 e. The Hall–Kier alpha value is -1.32. The topological polar surface area (TPSA) is 55.1 Å². The van der Waals surface area contributed by atoms with Crippen LogP contribution in [0.15, 0.2) is 30.4 Å². The van der Waals surface area contributed by atoms with Crippen LogP contribution in [0.25, 0.3) is 0 Å². The summed E-state index contributed by atoms with van der Waals surface area (Å²) in [5, 5.41) is 3.36. The molecule has 0 saturated carbocycles. The fourth-order valence-electron chi connectivity index (χ4n) is 1.28. The quantitative estimate of drug-likeness (QED) is 0.788. The lowest BCUT2D eigenvalue weighted by Crippen LogP contribution is -2.24. The van der Waals surface area contributed by atoms with Gasteiger partial charge in [-0.3, -0.25) is 4.79 Å². The van der Waals surface area contributed by atoms with Gasteiger partial charge in [0.15, 0.2) is 0 Å². The third-order valence-corrected chi connectivity index (χ3v) is 2.61. The van der Waals surface area contributed by atoms with Crippen LogP contribution in [0.1, 0.15) is 15.9 Å². The van der Waals surface area contributed by atoms with Crippen LogP contribution in [0, 0.1) is 6.92 Å². The molecule has 0 bridgehead atoms. The number of nitrogens with two attached hydrogens (primary N) is 1. The van der Waals surface area contributed by atoms with E-state index in [1.807, 2.05) is 13.0 Å². The van der Waals surface area contributed by atoms with Gasteiger partial charge in [-0.15, -0.1) is 0 Å². The van der Waals surface area contributed by atoms with E-state index in [9.17, 15) is 4.79 Å². The third-order valence-electron chi connectivity index (χ3n) is 2.20. The van der Waals surface area contributed by atoms with Crippen LogP contribution in [0.4, 0.5) is 0 Å². The predicted octanol–water partition coefficient (Wildman–Crippen LogP) is 1.89. The van der Waals surface area contributed by atoms with Crippen molar-refractivity contribution < 1.29 is 4.79 Å². The minimum absolute atomic E-state index is 0.123. The second-order valence-corrected chi connectivity index (χ2v) is 3.74. The Balaban J connectivity index is 2.66. The molecule has 0 spiro atoms. The zero-order chi connectivity index (χ0) is 12.0. The summed E-state index contributed by atoms with van der Waals surface area (Å²) in [6.07, 6.45) is 3.61. The zero-order valence-corrected chi connectivity index (χ0v) is 9.92. The molecule has 16 heavy (non-hydrogen) atoms. The highest BCUT2D eigenvalue weighted by molar-refractivity contribution is 6.31. The molecule has 86 valence electrons. The Morgan fingerprint density at radius 1 is 1.50 bits per heavy atom. The monoisotopic (exact) mass is 238 g/mol. The summed E-state index contributed by atoms with van der Waals surface area (Å²) in [4.78, 5) is 11.7. The molecule has 0 aromatic heterocycles. The first-order valence-electron chi connectivity index (χ1n) is 5.05. The summed E-state index contributed by atoms with van der Waals surface area (Å²) in [7, 11) is 0. The summed E-state index contributed by atoms with van der Waals surface area (Å²) >= 11 is 5.93. The van der Waals surface area contributed by atoms with E-state index in [1.54, 1.807) is 24.3 Å². The summed E-state index contributed by atoms with van der Waals surface area (Å²) < 4.78 is 0. The number of carbonyl (C=O) groups is 1. The molecule has 3 N–H and O–H groups in total. The van der Waals surface area contributed by atoms with E-state index in [-0.39, 0.29) is 5.91 Å². The molecule has 0 aliphatic rings. The van der Waals surface area contributed by atoms with Crippen molar-refractivity contribution in [1.29, 1.82) is 0 Å². The van der Waals surface area contributed by atoms with Gasteiger partial charge in [0.1, 0.15) is 0 Å². The molecule has 0 atom stereocenters. The van der Waals surface area contributed by atoms with Crippen molar-refractivity contribution in [2.45, 2.75) is 6.92 Å². The highest BCUT2D eigenvalue weighted by Crippen LogP contribution is 2.18. The first-order valence-corrected chi connectivity index (χ1v) is 5.43. The van der Waals surface area contributed by atoms with Gasteiger partial charge in [0.25, 0.3) is 5.91 Å². The lowest BCUT2D eigenvalue weighted by molar-refractivity contribution is 0.0957. The SMILES string of the molecule is Cc1c(Cl)cccc1C(=O)NC/C=C/CN. The molecule has 0 aliphatic heterocycles. The molecule has 1 aromatic carbocycles. The van der Waals surface area contributed by atoms with Gasteiger partial charge in [-0.05, 0) is 24.6 Å². The van der Waals surface area contributed by atoms with E-state index >= 15 is 0 Å². The lowest BCUT2D eigenvalue weighted by Gasteiger charge is -2.06. The first kappa shape index (κ1) is 12.7. The first-order chi connectivity index (χ1) is 7.66. The van der Waals surface area contributed by atoms with Gasteiger partial charge >= 0.3 is 0 Å². The van der Waals surface area contributed by atoms with Crippen molar-refractivity contribution >= 4 is 17.5 Å². The number of benzene rings is 1. The Bertz CT molecular complexity index is 402. The molecule has 1 aromatic rings. The van der Waals surface area contributed by atoms with E-state index in [0.29, 0.717) is 23.7 Å². The summed E-state index contributed by atoms with van der Waals surface area (Å²) in [5.74, 6) is -0.123. The second kappa shape index (κ2) is 6.30. The lowest BCUT2D eigenvalue weighted by atomic mass is 10.1. The Morgan fingerprint density at radius 3 is 2.94 bits per heavy atom. The van der Waals surface area contributed by atoms with E-state index < -0.39 is 0 Å². The van der Waals surface area contributed by atoms with Gasteiger partial charge < -0.3 is 11.1 Å². The molecular formula is C12H15ClN2O. The summed E-state index contributed by atoms with van der Waals surface area (Å²) in [6, 6.07) is 5.28. The standard InChI is InChI=1S/C12H15ClN2O/c1-9-10(5-4-6-11(9)13)12(16)15-8-3-2-7-14/h2-6H,7-8,14H2,1H3,(H,15,16)/b3-2+. The van der Waals surface area contributed by atoms with E-state index in [1.165, 1.54) is 0 Å². The van der Waals surface area contributed by atoms with Crippen molar-refractivity contribution in [1.82, 2.24) is 5.32 Å². The van der Waals surface area contributed by atoms with E-state index in [0.717, 1.165) is 5.56 Å². The maximum absolute atomic E-state index is 11.7. The molecule has 0 saturated heterocycles. The summed E-state index contributed by atoms with van der Waals surface area (Å²) in [6.45, 7) is 2.78. The number of hydrogen-bond donors (Lipinski definition) is 2. The second-order valence-electron chi connectivity index (χ2n) is 3.33. The van der Waals surface area contributed by atoms with E-state index in [4.69, 9.17) is 17.3 Å². The molecule has 4 heteroatoms. The Morgan fingerprint density at radius 2 is 2.25 bits per heavy atom. The third kappa shape index (κ3) is 3.36. The van der Waals surface area contributed by atoms with Crippen LogP contribution in [0.3, 0.4) is 0 Å². The van der Waals surface area contributed by atoms with Crippen molar-refractivity contribution in [2.75, 3.05) is 13.1 Å². The van der Waals surface area contributed by atoms with Crippen molar-refractivity contribution in [3.05, 3.63) is 46.5 Å². The Kier molecular flexibility index (Phi) is 5.02. The normalized spacial score (nSPS) is 10.7. The molecule has 1 rings (SSSR count). The number of hydrogen-bond acceptors (Lipinski definition) is 2. The van der Waals surface area contributed by atoms with Crippen LogP contribution in [-0.4, -0.2) is 19.0 Å². The molecule has 1 amide bonds. The predicted molar refractivity (Wildman–Crippen MR) is 66.7 cm³/mol. The van der Waals surface area contributed by atoms with Crippen LogP contribution in [-0.2, 0) is 0 Å². The van der Waals surface area contributed by atoms with Gasteiger partial charge in [0.2, 0.25) is 0 Å². The Labute approximate surface area is 100 Å². The highest BCUT2D eigenvalue weighted by atomic mass is 35.5. The van der Waals surface area contributed by atoms with Gasteiger partial charge in [-0.2, -0.15) is 0 Å². The van der Waals surface area contributed by atoms with Gasteiger partial charge in [-0.25, -0.2) is 0 Å². The van der Waals surface area contributed by atoms with Gasteiger partial charge in [-0.1, -0.05) is 29.8 Å². The van der Waals surface area contributed by atoms with Crippen molar-refractivity contribution in [3.63, 3.8) is 0 Å². The van der Waals surface area contributed by atoms with Crippen LogP contribution in [0.5, 0.6) is 0 Å². The fourth-order valence-corrected chi connectivity index (χ4v) is 1.45. The molecule has 0 aliphatic carbocycles. The highest BCUT2D eigenvalue weighted by Gasteiger charge is 2.09. The van der Waals surface area contributed by atoms with Gasteiger partial charge in [0, 0.05) is 23.7 Å². The molecule has 0 fully saturated rings. The van der Waals surface area contributed by atoms with Crippen LogP contribution in [0.2, 0.25) is 5.02 Å². The largest absolute Gasteiger partial charge is 0.349 e. The van der Waals surface area contributed by atoms with Crippen LogP contribution < -0.4 is 11.1 Å². The molecule has 0 heterocycles. The zero-order valence-electron chi connectivity index (χ0n) is 9.16. The molecule has 0 unspecified atom stereocenters. The fraction of sp³-hybridized carbons (Fsp3) is 0.250. The van der Waals surface area contributed by atoms with Crippen molar-refractivity contribution in [2.24, 2.45) is 5.73 Å². The molecule has 0 radical (unpaired) electrons. The number of amides is 1. The number of nitrogens with one attached hydrogen (secondary N) is 1. The van der Waals surface area contributed by atoms with Crippen molar-refractivity contribution in [3.8, 4) is 0 Å². The summed E-state index contributed by atoms with van der Waals surface area (Å²) in [5.41, 5.74) is 6.68. The number of carbonyl (C=O) groups excluding carboxylic acids is 1. The van der Waals surface area contributed by atoms with Crippen LogP contribution >= 0.6 is 11.6 Å². The van der Waals surface area contributed by atoms with E-state index in [2.05, 4.69) is 5.32 Å². The average Bonchev–Trinajstić information content (AvgIpc) is 2.28. The number of halogens is 1.